The number of benzene rings is 1. The van der Waals surface area contributed by atoms with E-state index in [2.05, 4.69) is 27.6 Å². The van der Waals surface area contributed by atoms with Crippen molar-refractivity contribution in [2.45, 2.75) is 75.6 Å². The van der Waals surface area contributed by atoms with Gasteiger partial charge in [0.05, 0.1) is 25.2 Å². The average molecular weight is 474 g/mol. The third kappa shape index (κ3) is 5.62. The summed E-state index contributed by atoms with van der Waals surface area (Å²) < 4.78 is 6.17. The molecule has 0 spiro atoms. The minimum atomic E-state index is -1.47. The lowest BCUT2D eigenvalue weighted by Crippen LogP contribution is -2.37. The fourth-order valence-electron chi connectivity index (χ4n) is 5.17. The zero-order chi connectivity index (χ0) is 24.4. The lowest BCUT2D eigenvalue weighted by molar-refractivity contribution is 0.0653. The highest BCUT2D eigenvalue weighted by Crippen LogP contribution is 2.38. The first-order valence-corrected chi connectivity index (χ1v) is 12.8. The number of piperidine rings is 1. The van der Waals surface area contributed by atoms with Gasteiger partial charge in [-0.1, -0.05) is 6.42 Å². The summed E-state index contributed by atoms with van der Waals surface area (Å²) in [6, 6.07) is 8.19. The van der Waals surface area contributed by atoms with Crippen LogP contribution in [0.25, 0.3) is 0 Å². The van der Waals surface area contributed by atoms with Crippen molar-refractivity contribution in [1.29, 1.82) is 0 Å². The molecule has 35 heavy (non-hydrogen) atoms. The van der Waals surface area contributed by atoms with Gasteiger partial charge in [-0.3, -0.25) is 4.99 Å². The summed E-state index contributed by atoms with van der Waals surface area (Å²) in [6.07, 6.45) is 9.92. The summed E-state index contributed by atoms with van der Waals surface area (Å²) in [6.45, 7) is 3.70. The van der Waals surface area contributed by atoms with Gasteiger partial charge in [0.25, 0.3) is 0 Å². The van der Waals surface area contributed by atoms with Crippen LogP contribution < -0.4 is 15.4 Å². The normalized spacial score (nSPS) is 25.7. The molecule has 8 nitrogen and oxygen atoms in total. The van der Waals surface area contributed by atoms with Crippen LogP contribution in [0.4, 0.5) is 17.5 Å². The number of nitrogens with zero attached hydrogens (tertiary/aromatic N) is 4. The molecular weight excluding hydrogens is 439 g/mol. The molecule has 0 amide bonds. The van der Waals surface area contributed by atoms with E-state index < -0.39 is 11.5 Å². The zero-order valence-corrected chi connectivity index (χ0v) is 20.7. The second-order valence-corrected chi connectivity index (χ2v) is 10.2. The van der Waals surface area contributed by atoms with Crippen LogP contribution in [0.2, 0.25) is 0 Å². The summed E-state index contributed by atoms with van der Waals surface area (Å²) in [5, 5.41) is 17.9. The highest BCUT2D eigenvalue weighted by molar-refractivity contribution is 6.21. The lowest BCUT2D eigenvalue weighted by atomic mass is 9.79. The van der Waals surface area contributed by atoms with Gasteiger partial charge in [0.15, 0.2) is 5.72 Å². The van der Waals surface area contributed by atoms with Crippen LogP contribution in [0, 0.1) is 0 Å². The molecule has 1 aromatic heterocycles. The van der Waals surface area contributed by atoms with Gasteiger partial charge in [0, 0.05) is 17.9 Å². The fraction of sp³-hybridized carbons (Fsp3) is 0.577. The van der Waals surface area contributed by atoms with Crippen LogP contribution in [0.15, 0.2) is 29.3 Å². The maximum Gasteiger partial charge on any atom is 0.225 e. The number of nitrogens with one attached hydrogen (secondary N) is 2. The first kappa shape index (κ1) is 24.1. The Kier molecular flexibility index (Phi) is 6.98. The van der Waals surface area contributed by atoms with Crippen molar-refractivity contribution in [3.05, 3.63) is 35.5 Å². The van der Waals surface area contributed by atoms with Crippen molar-refractivity contribution in [3.63, 3.8) is 0 Å². The molecule has 1 aromatic carbocycles. The molecule has 3 heterocycles. The third-order valence-corrected chi connectivity index (χ3v) is 7.24. The molecule has 2 atom stereocenters. The minimum absolute atomic E-state index is 0.294. The first-order chi connectivity index (χ1) is 16.9. The summed E-state index contributed by atoms with van der Waals surface area (Å²) in [7, 11) is 8.47. The molecule has 2 aliphatic heterocycles. The smallest absolute Gasteiger partial charge is 0.225 e. The molecule has 3 aliphatic rings. The van der Waals surface area contributed by atoms with Gasteiger partial charge in [0.1, 0.15) is 11.6 Å². The van der Waals surface area contributed by atoms with Crippen LogP contribution >= 0.6 is 0 Å². The van der Waals surface area contributed by atoms with Crippen LogP contribution in [-0.4, -0.2) is 66.3 Å². The Balaban J connectivity index is 1.39. The van der Waals surface area contributed by atoms with Crippen molar-refractivity contribution in [2.24, 2.45) is 4.99 Å². The Bertz CT molecular complexity index is 1050. The number of aliphatic hydroxyl groups is 1. The fourth-order valence-corrected chi connectivity index (χ4v) is 5.17. The number of anilines is 3. The summed E-state index contributed by atoms with van der Waals surface area (Å²) in [4.78, 5) is 16.1. The van der Waals surface area contributed by atoms with E-state index >= 15 is 0 Å². The quantitative estimate of drug-likeness (QED) is 0.547. The maximum absolute atomic E-state index is 11.1. The standard InChI is InChI=1S/C26H35BN6O2/c1-26(34)22-23(21(27)16-28-26)31-25(30-18-12-14-33(2)15-13-18)32-24(22)29-17-8-10-20(11-9-17)35-19-6-4-3-5-7-19/h8-11,16,18-19,21,34H,3-7,12-15H2,1-2H3,(H2,29,30,31,32). The van der Waals surface area contributed by atoms with E-state index in [4.69, 9.17) is 22.6 Å². The van der Waals surface area contributed by atoms with E-state index in [0.717, 1.165) is 50.2 Å². The van der Waals surface area contributed by atoms with E-state index in [1.807, 2.05) is 24.3 Å². The predicted molar refractivity (Wildman–Crippen MR) is 140 cm³/mol. The number of hydrogen-bond donors (Lipinski definition) is 3. The molecule has 2 radical (unpaired) electrons. The summed E-state index contributed by atoms with van der Waals surface area (Å²) in [5.74, 6) is 1.37. The molecule has 0 bridgehead atoms. The molecular formula is C26H35BN6O2. The van der Waals surface area contributed by atoms with Crippen molar-refractivity contribution >= 4 is 31.5 Å². The molecule has 2 fully saturated rings. The molecule has 3 N–H and O–H groups in total. The lowest BCUT2D eigenvalue weighted by Gasteiger charge is -2.32. The summed E-state index contributed by atoms with van der Waals surface area (Å²) >= 11 is 0. The van der Waals surface area contributed by atoms with E-state index in [-0.39, 0.29) is 0 Å². The number of hydrogen-bond acceptors (Lipinski definition) is 8. The van der Waals surface area contributed by atoms with Crippen molar-refractivity contribution in [3.8, 4) is 5.75 Å². The zero-order valence-electron chi connectivity index (χ0n) is 20.7. The number of aliphatic imine (C=N–C) groups is 1. The van der Waals surface area contributed by atoms with Gasteiger partial charge in [-0.05, 0) is 95.7 Å². The largest absolute Gasteiger partial charge is 0.490 e. The Morgan fingerprint density at radius 1 is 1.06 bits per heavy atom. The molecule has 1 aliphatic carbocycles. The Morgan fingerprint density at radius 3 is 2.49 bits per heavy atom. The van der Waals surface area contributed by atoms with Crippen molar-refractivity contribution in [1.82, 2.24) is 14.9 Å². The van der Waals surface area contributed by atoms with Crippen LogP contribution in [0.5, 0.6) is 5.75 Å². The maximum atomic E-state index is 11.1. The van der Waals surface area contributed by atoms with Crippen LogP contribution in [0.3, 0.4) is 0 Å². The number of ether oxygens (including phenoxy) is 1. The number of aromatic nitrogens is 2. The first-order valence-electron chi connectivity index (χ1n) is 12.8. The Labute approximate surface area is 209 Å². The second-order valence-electron chi connectivity index (χ2n) is 10.2. The Hall–Kier alpha value is -2.65. The van der Waals surface area contributed by atoms with Gasteiger partial charge in [-0.25, -0.2) is 4.98 Å². The van der Waals surface area contributed by atoms with E-state index in [0.29, 0.717) is 35.2 Å². The topological polar surface area (TPSA) is 94.9 Å². The van der Waals surface area contributed by atoms with Gasteiger partial charge in [-0.15, -0.1) is 0 Å². The van der Waals surface area contributed by atoms with Gasteiger partial charge >= 0.3 is 0 Å². The predicted octanol–water partition coefficient (Wildman–Crippen LogP) is 3.90. The van der Waals surface area contributed by atoms with Gasteiger partial charge in [-0.2, -0.15) is 4.98 Å². The molecule has 9 heteroatoms. The minimum Gasteiger partial charge on any atom is -0.490 e. The molecule has 184 valence electrons. The molecule has 2 aromatic rings. The monoisotopic (exact) mass is 474 g/mol. The van der Waals surface area contributed by atoms with Crippen molar-refractivity contribution in [2.75, 3.05) is 30.8 Å². The SMILES string of the molecule is [B]C1C=NC(C)(O)c2c(Nc3ccc(OC4CCCCC4)cc3)nc(NC3CCN(C)CC3)nc21. The highest BCUT2D eigenvalue weighted by atomic mass is 16.5. The summed E-state index contributed by atoms with van der Waals surface area (Å²) in [5.41, 5.74) is 0.453. The molecule has 2 unspecified atom stereocenters. The molecule has 1 saturated carbocycles. The highest BCUT2D eigenvalue weighted by Gasteiger charge is 2.36. The van der Waals surface area contributed by atoms with E-state index in [9.17, 15) is 5.11 Å². The Morgan fingerprint density at radius 2 is 1.77 bits per heavy atom. The number of rotatable bonds is 6. The average Bonchev–Trinajstić information content (AvgIpc) is 2.85. The van der Waals surface area contributed by atoms with Crippen molar-refractivity contribution < 1.29 is 9.84 Å². The van der Waals surface area contributed by atoms with Crippen LogP contribution in [0.1, 0.15) is 68.9 Å². The van der Waals surface area contributed by atoms with Crippen LogP contribution in [-0.2, 0) is 5.72 Å². The van der Waals surface area contributed by atoms with Gasteiger partial charge < -0.3 is 25.4 Å². The number of fused-ring (bicyclic) bond motifs is 1. The third-order valence-electron chi connectivity index (χ3n) is 7.24. The van der Waals surface area contributed by atoms with Gasteiger partial charge in [0.2, 0.25) is 5.95 Å². The number of likely N-dealkylation sites (tertiary alicyclic amines) is 1. The molecule has 1 saturated heterocycles. The molecule has 5 rings (SSSR count). The second kappa shape index (κ2) is 10.1. The van der Waals surface area contributed by atoms with E-state index in [1.165, 1.54) is 19.3 Å². The van der Waals surface area contributed by atoms with E-state index in [1.54, 1.807) is 13.1 Å².